The van der Waals surface area contributed by atoms with Crippen LogP contribution in [-0.4, -0.2) is 39.9 Å². The zero-order chi connectivity index (χ0) is 21.4. The Hall–Kier alpha value is -2.23. The Bertz CT molecular complexity index is 939. The second kappa shape index (κ2) is 10.7. The lowest BCUT2D eigenvalue weighted by Gasteiger charge is -2.12. The summed E-state index contributed by atoms with van der Waals surface area (Å²) >= 11 is 7.53. The van der Waals surface area contributed by atoms with E-state index in [0.717, 1.165) is 5.69 Å². The van der Waals surface area contributed by atoms with Gasteiger partial charge in [0.1, 0.15) is 19.0 Å². The van der Waals surface area contributed by atoms with Gasteiger partial charge in [0.2, 0.25) is 0 Å². The number of halogens is 4. The highest BCUT2D eigenvalue weighted by Gasteiger charge is 2.27. The highest BCUT2D eigenvalue weighted by atomic mass is 35.5. The van der Waals surface area contributed by atoms with Gasteiger partial charge in [-0.05, 0) is 30.7 Å². The molecule has 0 radical (unpaired) electrons. The van der Waals surface area contributed by atoms with Gasteiger partial charge < -0.3 is 9.47 Å². The molecule has 160 valence electrons. The van der Waals surface area contributed by atoms with Crippen LogP contribution in [0, 0.1) is 0 Å². The summed E-state index contributed by atoms with van der Waals surface area (Å²) < 4.78 is 48.7. The molecule has 0 atom stereocenters. The molecule has 0 aliphatic carbocycles. The maximum atomic E-state index is 12.1. The van der Waals surface area contributed by atoms with Gasteiger partial charge in [-0.25, -0.2) is 0 Å². The molecular formula is C20H19ClF3N3O2S. The first kappa shape index (κ1) is 22.5. The minimum atomic E-state index is -4.31. The van der Waals surface area contributed by atoms with E-state index in [1.165, 1.54) is 11.8 Å². The van der Waals surface area contributed by atoms with Crippen molar-refractivity contribution in [2.45, 2.75) is 24.4 Å². The summed E-state index contributed by atoms with van der Waals surface area (Å²) in [5.74, 6) is 1.66. The molecule has 3 aromatic rings. The lowest BCUT2D eigenvalue weighted by molar-refractivity contribution is -0.173. The zero-order valence-corrected chi connectivity index (χ0v) is 17.4. The first-order valence-electron chi connectivity index (χ1n) is 9.08. The molecule has 0 spiro atoms. The fourth-order valence-electron chi connectivity index (χ4n) is 2.54. The van der Waals surface area contributed by atoms with Gasteiger partial charge in [-0.3, -0.25) is 4.57 Å². The Kier molecular flexibility index (Phi) is 8.01. The summed E-state index contributed by atoms with van der Waals surface area (Å²) in [6, 6.07) is 16.7. The van der Waals surface area contributed by atoms with E-state index < -0.39 is 12.8 Å². The molecule has 3 rings (SSSR count). The minimum Gasteiger partial charge on any atom is -0.484 e. The third-order valence-electron chi connectivity index (χ3n) is 3.84. The molecule has 1 heterocycles. The molecule has 30 heavy (non-hydrogen) atoms. The van der Waals surface area contributed by atoms with Crippen LogP contribution in [0.2, 0.25) is 5.02 Å². The number of nitrogens with zero attached hydrogens (tertiary/aromatic N) is 3. The number of hydrogen-bond acceptors (Lipinski definition) is 5. The third kappa shape index (κ3) is 6.65. The van der Waals surface area contributed by atoms with Crippen LogP contribution >= 0.6 is 23.4 Å². The number of hydrogen-bond donors (Lipinski definition) is 0. The van der Waals surface area contributed by atoms with Gasteiger partial charge in [0, 0.05) is 18.0 Å². The van der Waals surface area contributed by atoms with Crippen LogP contribution in [0.15, 0.2) is 59.8 Å². The van der Waals surface area contributed by atoms with E-state index >= 15 is 0 Å². The van der Waals surface area contributed by atoms with Crippen LogP contribution in [0.3, 0.4) is 0 Å². The number of aromatic nitrogens is 3. The van der Waals surface area contributed by atoms with Gasteiger partial charge >= 0.3 is 6.18 Å². The molecule has 0 aliphatic heterocycles. The topological polar surface area (TPSA) is 49.2 Å². The average Bonchev–Trinajstić information content (AvgIpc) is 3.12. The number of rotatable bonds is 10. The predicted molar refractivity (Wildman–Crippen MR) is 109 cm³/mol. The third-order valence-corrected chi connectivity index (χ3v) is 5.17. The van der Waals surface area contributed by atoms with Crippen molar-refractivity contribution in [2.75, 3.05) is 19.0 Å². The Morgan fingerprint density at radius 2 is 1.73 bits per heavy atom. The predicted octanol–water partition coefficient (Wildman–Crippen LogP) is 5.56. The molecule has 0 fully saturated rings. The molecule has 0 saturated carbocycles. The molecule has 5 nitrogen and oxygen atoms in total. The molecule has 0 aliphatic rings. The van der Waals surface area contributed by atoms with E-state index in [9.17, 15) is 13.2 Å². The van der Waals surface area contributed by atoms with Crippen LogP contribution in [0.4, 0.5) is 13.2 Å². The first-order valence-corrected chi connectivity index (χ1v) is 10.4. The number of thioether (sulfide) groups is 1. The Labute approximate surface area is 181 Å². The SMILES string of the molecule is FC(F)(F)COCCCSc1nnc(COc2ccccc2Cl)n1-c1ccccc1. The summed E-state index contributed by atoms with van der Waals surface area (Å²) in [6.45, 7) is -1.06. The fourth-order valence-corrected chi connectivity index (χ4v) is 3.61. The maximum absolute atomic E-state index is 12.1. The largest absolute Gasteiger partial charge is 0.484 e. The summed E-state index contributed by atoms with van der Waals surface area (Å²) in [5.41, 5.74) is 0.857. The van der Waals surface area contributed by atoms with Gasteiger partial charge in [-0.1, -0.05) is 53.7 Å². The van der Waals surface area contributed by atoms with Crippen LogP contribution in [0.1, 0.15) is 12.2 Å². The van der Waals surface area contributed by atoms with Gasteiger partial charge in [-0.2, -0.15) is 13.2 Å². The molecule has 1 aromatic heterocycles. The number of alkyl halides is 3. The number of para-hydroxylation sites is 2. The first-order chi connectivity index (χ1) is 14.4. The van der Waals surface area contributed by atoms with E-state index in [-0.39, 0.29) is 13.2 Å². The van der Waals surface area contributed by atoms with Crippen molar-refractivity contribution < 1.29 is 22.6 Å². The highest BCUT2D eigenvalue weighted by Crippen LogP contribution is 2.26. The van der Waals surface area contributed by atoms with Crippen LogP contribution < -0.4 is 4.74 Å². The van der Waals surface area contributed by atoms with Crippen LogP contribution in [-0.2, 0) is 11.3 Å². The van der Waals surface area contributed by atoms with E-state index in [1.807, 2.05) is 47.0 Å². The lowest BCUT2D eigenvalue weighted by atomic mass is 10.3. The van der Waals surface area contributed by atoms with Gasteiger partial charge in [0.05, 0.1) is 5.02 Å². The normalized spacial score (nSPS) is 11.6. The Morgan fingerprint density at radius 1 is 1.00 bits per heavy atom. The smallest absolute Gasteiger partial charge is 0.411 e. The molecular weight excluding hydrogens is 439 g/mol. The standard InChI is InChI=1S/C20H19ClF3N3O2S/c21-16-9-4-5-10-17(16)29-13-18-25-26-19(27(18)15-7-2-1-3-8-15)30-12-6-11-28-14-20(22,23)24/h1-5,7-10H,6,11-14H2. The van der Waals surface area contributed by atoms with E-state index in [0.29, 0.717) is 33.9 Å². The minimum absolute atomic E-state index is 0.0223. The van der Waals surface area contributed by atoms with Gasteiger partial charge in [0.25, 0.3) is 0 Å². The van der Waals surface area contributed by atoms with Crippen molar-refractivity contribution in [1.82, 2.24) is 14.8 Å². The second-order valence-corrected chi connectivity index (χ2v) is 7.63. The number of ether oxygens (including phenoxy) is 2. The lowest BCUT2D eigenvalue weighted by Crippen LogP contribution is -2.17. The van der Waals surface area contributed by atoms with Crippen molar-refractivity contribution >= 4 is 23.4 Å². The molecule has 0 saturated heterocycles. The van der Waals surface area contributed by atoms with Crippen molar-refractivity contribution in [2.24, 2.45) is 0 Å². The average molecular weight is 458 g/mol. The molecule has 0 bridgehead atoms. The maximum Gasteiger partial charge on any atom is 0.411 e. The van der Waals surface area contributed by atoms with Crippen molar-refractivity contribution in [1.29, 1.82) is 0 Å². The summed E-state index contributed by atoms with van der Waals surface area (Å²) in [4.78, 5) is 0. The fraction of sp³-hybridized carbons (Fsp3) is 0.300. The Morgan fingerprint density at radius 3 is 2.47 bits per heavy atom. The van der Waals surface area contributed by atoms with E-state index in [2.05, 4.69) is 14.9 Å². The van der Waals surface area contributed by atoms with Crippen LogP contribution in [0.25, 0.3) is 5.69 Å². The zero-order valence-electron chi connectivity index (χ0n) is 15.8. The van der Waals surface area contributed by atoms with Gasteiger partial charge in [0.15, 0.2) is 11.0 Å². The summed E-state index contributed by atoms with van der Waals surface area (Å²) in [5, 5.41) is 9.57. The monoisotopic (exact) mass is 457 g/mol. The molecule has 0 amide bonds. The van der Waals surface area contributed by atoms with Crippen molar-refractivity contribution in [3.63, 3.8) is 0 Å². The van der Waals surface area contributed by atoms with E-state index in [4.69, 9.17) is 16.3 Å². The Balaban J connectivity index is 1.65. The van der Waals surface area contributed by atoms with Crippen molar-refractivity contribution in [3.8, 4) is 11.4 Å². The van der Waals surface area contributed by atoms with E-state index in [1.54, 1.807) is 12.1 Å². The van der Waals surface area contributed by atoms with Crippen LogP contribution in [0.5, 0.6) is 5.75 Å². The highest BCUT2D eigenvalue weighted by molar-refractivity contribution is 7.99. The summed E-state index contributed by atoms with van der Waals surface area (Å²) in [7, 11) is 0. The molecule has 0 unspecified atom stereocenters. The van der Waals surface area contributed by atoms with Gasteiger partial charge in [-0.15, -0.1) is 10.2 Å². The molecule has 10 heteroatoms. The molecule has 2 aromatic carbocycles. The summed E-state index contributed by atoms with van der Waals surface area (Å²) in [6.07, 6.45) is -3.86. The van der Waals surface area contributed by atoms with Crippen molar-refractivity contribution in [3.05, 3.63) is 65.4 Å². The second-order valence-electron chi connectivity index (χ2n) is 6.16. The molecule has 0 N–H and O–H groups in total. The quantitative estimate of drug-likeness (QED) is 0.294. The number of benzene rings is 2.